The lowest BCUT2D eigenvalue weighted by atomic mass is 10.1. The topological polar surface area (TPSA) is 105 Å². The molecular formula is C6H13O7P. The molecular weight excluding hydrogens is 215 g/mol. The Morgan fingerprint density at radius 1 is 1.57 bits per heavy atom. The zero-order valence-electron chi connectivity index (χ0n) is 7.57. The van der Waals surface area contributed by atoms with Crippen LogP contribution in [0.4, 0.5) is 0 Å². The third-order valence-corrected chi connectivity index (χ3v) is 2.39. The maximum atomic E-state index is 10.4. The smallest absolute Gasteiger partial charge is 0.388 e. The second-order valence-electron chi connectivity index (χ2n) is 2.93. The molecule has 0 spiro atoms. The van der Waals surface area contributed by atoms with E-state index in [-0.39, 0.29) is 13.2 Å². The van der Waals surface area contributed by atoms with E-state index in [2.05, 4.69) is 4.52 Å². The lowest BCUT2D eigenvalue weighted by Gasteiger charge is -2.18. The number of aliphatic hydroxyl groups excluding tert-OH is 1. The SMILES string of the molecule is CO[C@H]1[C@@H](O)CO[C@@H]1COP(=O)(O)O. The highest BCUT2D eigenvalue weighted by Gasteiger charge is 2.37. The molecule has 1 fully saturated rings. The van der Waals surface area contributed by atoms with Crippen LogP contribution in [0.5, 0.6) is 0 Å². The first-order chi connectivity index (χ1) is 6.44. The minimum Gasteiger partial charge on any atom is -0.388 e. The zero-order chi connectivity index (χ0) is 10.8. The summed E-state index contributed by atoms with van der Waals surface area (Å²) in [5.41, 5.74) is 0. The van der Waals surface area contributed by atoms with E-state index in [4.69, 9.17) is 19.3 Å². The average molecular weight is 228 g/mol. The Bertz CT molecular complexity index is 226. The molecule has 1 rings (SSSR count). The van der Waals surface area contributed by atoms with Gasteiger partial charge in [-0.15, -0.1) is 0 Å². The highest BCUT2D eigenvalue weighted by molar-refractivity contribution is 7.46. The molecule has 0 saturated carbocycles. The van der Waals surface area contributed by atoms with Gasteiger partial charge in [0.15, 0.2) is 0 Å². The third kappa shape index (κ3) is 3.29. The largest absolute Gasteiger partial charge is 0.469 e. The van der Waals surface area contributed by atoms with Crippen LogP contribution >= 0.6 is 7.82 Å². The van der Waals surface area contributed by atoms with Gasteiger partial charge in [0.2, 0.25) is 0 Å². The molecule has 0 bridgehead atoms. The predicted octanol–water partition coefficient (Wildman–Crippen LogP) is -1.13. The Balaban J connectivity index is 2.41. The van der Waals surface area contributed by atoms with Crippen LogP contribution in [0.1, 0.15) is 0 Å². The molecule has 3 N–H and O–H groups in total. The summed E-state index contributed by atoms with van der Waals surface area (Å²) in [6.07, 6.45) is -2.05. The van der Waals surface area contributed by atoms with Gasteiger partial charge in [0.05, 0.1) is 13.2 Å². The van der Waals surface area contributed by atoms with E-state index >= 15 is 0 Å². The zero-order valence-corrected chi connectivity index (χ0v) is 8.46. The Hall–Kier alpha value is -0.0100. The van der Waals surface area contributed by atoms with Crippen LogP contribution in [0, 0.1) is 0 Å². The molecule has 0 amide bonds. The summed E-state index contributed by atoms with van der Waals surface area (Å²) < 4.78 is 24.5. The van der Waals surface area contributed by atoms with Crippen molar-refractivity contribution in [1.82, 2.24) is 0 Å². The van der Waals surface area contributed by atoms with E-state index in [0.717, 1.165) is 0 Å². The first-order valence-corrected chi connectivity index (χ1v) is 5.49. The van der Waals surface area contributed by atoms with Crippen molar-refractivity contribution in [3.8, 4) is 0 Å². The van der Waals surface area contributed by atoms with Crippen molar-refractivity contribution in [2.75, 3.05) is 20.3 Å². The highest BCUT2D eigenvalue weighted by atomic mass is 31.2. The first kappa shape index (κ1) is 12.1. The van der Waals surface area contributed by atoms with Crippen LogP contribution in [0.2, 0.25) is 0 Å². The maximum absolute atomic E-state index is 10.4. The summed E-state index contributed by atoms with van der Waals surface area (Å²) >= 11 is 0. The molecule has 7 nitrogen and oxygen atoms in total. The van der Waals surface area contributed by atoms with Gasteiger partial charge in [-0.2, -0.15) is 0 Å². The van der Waals surface area contributed by atoms with Crippen LogP contribution in [-0.2, 0) is 18.6 Å². The number of aliphatic hydroxyl groups is 1. The summed E-state index contributed by atoms with van der Waals surface area (Å²) in [6, 6.07) is 0. The summed E-state index contributed by atoms with van der Waals surface area (Å²) in [4.78, 5) is 16.9. The van der Waals surface area contributed by atoms with Gasteiger partial charge in [-0.1, -0.05) is 0 Å². The van der Waals surface area contributed by atoms with Crippen LogP contribution in [0.15, 0.2) is 0 Å². The molecule has 1 aliphatic heterocycles. The summed E-state index contributed by atoms with van der Waals surface area (Å²) in [7, 11) is -3.11. The molecule has 3 atom stereocenters. The Morgan fingerprint density at radius 2 is 2.21 bits per heavy atom. The molecule has 14 heavy (non-hydrogen) atoms. The molecule has 8 heteroatoms. The summed E-state index contributed by atoms with van der Waals surface area (Å²) in [6.45, 7) is -0.229. The van der Waals surface area contributed by atoms with Crippen molar-refractivity contribution in [1.29, 1.82) is 0 Å². The van der Waals surface area contributed by atoms with Crippen LogP contribution in [-0.4, -0.2) is 53.5 Å². The van der Waals surface area contributed by atoms with Gasteiger partial charge in [-0.25, -0.2) is 4.57 Å². The molecule has 1 saturated heterocycles. The van der Waals surface area contributed by atoms with Crippen molar-refractivity contribution < 1.29 is 33.5 Å². The predicted molar refractivity (Wildman–Crippen MR) is 44.5 cm³/mol. The van der Waals surface area contributed by atoms with E-state index in [9.17, 15) is 9.67 Å². The van der Waals surface area contributed by atoms with Gasteiger partial charge in [0.1, 0.15) is 18.3 Å². The molecule has 1 heterocycles. The van der Waals surface area contributed by atoms with Crippen LogP contribution in [0.3, 0.4) is 0 Å². The molecule has 0 aromatic heterocycles. The van der Waals surface area contributed by atoms with E-state index in [0.29, 0.717) is 0 Å². The highest BCUT2D eigenvalue weighted by Crippen LogP contribution is 2.36. The van der Waals surface area contributed by atoms with Crippen LogP contribution < -0.4 is 0 Å². The number of methoxy groups -OCH3 is 1. The summed E-state index contributed by atoms with van der Waals surface area (Å²) in [5, 5.41) is 9.29. The van der Waals surface area contributed by atoms with Crippen molar-refractivity contribution in [2.24, 2.45) is 0 Å². The Kier molecular flexibility index (Phi) is 4.03. The lowest BCUT2D eigenvalue weighted by Crippen LogP contribution is -2.34. The third-order valence-electron chi connectivity index (χ3n) is 1.91. The van der Waals surface area contributed by atoms with Crippen LogP contribution in [0.25, 0.3) is 0 Å². The second-order valence-corrected chi connectivity index (χ2v) is 4.17. The average Bonchev–Trinajstić information content (AvgIpc) is 2.41. The fourth-order valence-corrected chi connectivity index (χ4v) is 1.62. The minimum absolute atomic E-state index is 0.0771. The second kappa shape index (κ2) is 4.67. The lowest BCUT2D eigenvalue weighted by molar-refractivity contribution is -0.0303. The Labute approximate surface area is 80.8 Å². The fourth-order valence-electron chi connectivity index (χ4n) is 1.28. The van der Waals surface area contributed by atoms with Gasteiger partial charge in [-0.3, -0.25) is 4.52 Å². The van der Waals surface area contributed by atoms with Gasteiger partial charge in [-0.05, 0) is 0 Å². The van der Waals surface area contributed by atoms with Gasteiger partial charge < -0.3 is 24.4 Å². The van der Waals surface area contributed by atoms with E-state index in [1.54, 1.807) is 0 Å². The van der Waals surface area contributed by atoms with Crippen molar-refractivity contribution in [3.05, 3.63) is 0 Å². The molecule has 1 aliphatic rings. The molecule has 0 aliphatic carbocycles. The van der Waals surface area contributed by atoms with Crippen molar-refractivity contribution >= 4 is 7.82 Å². The monoisotopic (exact) mass is 228 g/mol. The molecule has 0 unspecified atom stereocenters. The molecule has 0 radical (unpaired) electrons. The molecule has 0 aromatic carbocycles. The number of hydrogen-bond acceptors (Lipinski definition) is 5. The number of ether oxygens (including phenoxy) is 2. The molecule has 0 aromatic rings. The van der Waals surface area contributed by atoms with Crippen molar-refractivity contribution in [3.63, 3.8) is 0 Å². The van der Waals surface area contributed by atoms with Gasteiger partial charge in [0.25, 0.3) is 0 Å². The molecule has 84 valence electrons. The Morgan fingerprint density at radius 3 is 2.71 bits per heavy atom. The normalized spacial score (nSPS) is 33.6. The standard InChI is InChI=1S/C6H13O7P/c1-11-6-4(7)2-12-5(6)3-13-14(8,9)10/h4-7H,2-3H2,1H3,(H2,8,9,10)/t4-,5+,6-/m0/s1. The maximum Gasteiger partial charge on any atom is 0.469 e. The number of phosphoric ester groups is 1. The number of rotatable bonds is 4. The van der Waals surface area contributed by atoms with E-state index < -0.39 is 26.1 Å². The minimum atomic E-state index is -4.49. The van der Waals surface area contributed by atoms with Crippen molar-refractivity contribution in [2.45, 2.75) is 18.3 Å². The number of phosphoric acid groups is 1. The quantitative estimate of drug-likeness (QED) is 0.523. The van der Waals surface area contributed by atoms with E-state index in [1.165, 1.54) is 7.11 Å². The first-order valence-electron chi connectivity index (χ1n) is 3.96. The number of hydrogen-bond donors (Lipinski definition) is 3. The van der Waals surface area contributed by atoms with E-state index in [1.807, 2.05) is 0 Å². The van der Waals surface area contributed by atoms with Gasteiger partial charge in [0, 0.05) is 7.11 Å². The van der Waals surface area contributed by atoms with Gasteiger partial charge >= 0.3 is 7.82 Å². The fraction of sp³-hybridized carbons (Fsp3) is 1.00. The summed E-state index contributed by atoms with van der Waals surface area (Å²) in [5.74, 6) is 0.